The topological polar surface area (TPSA) is 17.1 Å². The molecule has 1 atom stereocenters. The summed E-state index contributed by atoms with van der Waals surface area (Å²) in [4.78, 5) is 11.9. The highest BCUT2D eigenvalue weighted by Gasteiger charge is 2.18. The molecule has 0 saturated heterocycles. The second kappa shape index (κ2) is 7.90. The van der Waals surface area contributed by atoms with Crippen LogP contribution in [0.15, 0.2) is 0 Å². The first kappa shape index (κ1) is 12.7. The molecule has 0 aromatic rings. The summed E-state index contributed by atoms with van der Waals surface area (Å²) in [5, 5.41) is 0. The van der Waals surface area contributed by atoms with Crippen LogP contribution in [0.2, 0.25) is 0 Å². The molecular formula is C14H26O. The van der Waals surface area contributed by atoms with Crippen LogP contribution in [0.25, 0.3) is 0 Å². The maximum absolute atomic E-state index is 11.9. The monoisotopic (exact) mass is 210 g/mol. The van der Waals surface area contributed by atoms with Crippen LogP contribution in [-0.4, -0.2) is 5.78 Å². The molecule has 0 aliphatic heterocycles. The van der Waals surface area contributed by atoms with E-state index in [4.69, 9.17) is 0 Å². The number of hydrogen-bond acceptors (Lipinski definition) is 1. The molecule has 1 nitrogen and oxygen atoms in total. The predicted octanol–water partition coefficient (Wildman–Crippen LogP) is 4.50. The summed E-state index contributed by atoms with van der Waals surface area (Å²) in [6, 6.07) is 0. The van der Waals surface area contributed by atoms with Crippen molar-refractivity contribution in [2.75, 3.05) is 0 Å². The maximum atomic E-state index is 11.9. The van der Waals surface area contributed by atoms with Crippen molar-refractivity contribution in [2.24, 2.45) is 5.92 Å². The Balaban J connectivity index is 2.31. The van der Waals surface area contributed by atoms with E-state index in [-0.39, 0.29) is 0 Å². The minimum Gasteiger partial charge on any atom is -0.299 e. The van der Waals surface area contributed by atoms with Gasteiger partial charge in [-0.3, -0.25) is 4.79 Å². The summed E-state index contributed by atoms with van der Waals surface area (Å²) in [5.74, 6) is 0.975. The smallest absolute Gasteiger partial charge is 0.135 e. The molecule has 88 valence electrons. The average Bonchev–Trinajstić information content (AvgIpc) is 2.33. The first-order chi connectivity index (χ1) is 7.34. The Morgan fingerprint density at radius 2 is 1.80 bits per heavy atom. The van der Waals surface area contributed by atoms with Gasteiger partial charge in [0.05, 0.1) is 0 Å². The summed E-state index contributed by atoms with van der Waals surface area (Å²) in [6.45, 7) is 2.23. The number of carbonyl (C=O) groups excluding carboxylic acids is 1. The van der Waals surface area contributed by atoms with E-state index in [2.05, 4.69) is 6.92 Å². The van der Waals surface area contributed by atoms with E-state index >= 15 is 0 Å². The number of unbranched alkanes of at least 4 members (excludes halogenated alkanes) is 2. The number of ketones is 1. The Kier molecular flexibility index (Phi) is 6.71. The van der Waals surface area contributed by atoms with E-state index in [1.807, 2.05) is 0 Å². The fourth-order valence-corrected chi connectivity index (χ4v) is 2.53. The number of carbonyl (C=O) groups is 1. The first-order valence-corrected chi connectivity index (χ1v) is 6.87. The molecule has 1 aliphatic carbocycles. The normalized spacial score (nSPS) is 24.3. The molecule has 1 unspecified atom stereocenters. The summed E-state index contributed by atoms with van der Waals surface area (Å²) >= 11 is 0. The second-order valence-electron chi connectivity index (χ2n) is 4.97. The molecule has 1 aliphatic rings. The average molecular weight is 210 g/mol. The van der Waals surface area contributed by atoms with Gasteiger partial charge in [-0.25, -0.2) is 0 Å². The molecule has 0 bridgehead atoms. The van der Waals surface area contributed by atoms with Gasteiger partial charge in [0.2, 0.25) is 0 Å². The van der Waals surface area contributed by atoms with Gasteiger partial charge in [-0.1, -0.05) is 51.9 Å². The molecule has 0 N–H and O–H groups in total. The van der Waals surface area contributed by atoms with Crippen molar-refractivity contribution in [3.8, 4) is 0 Å². The van der Waals surface area contributed by atoms with Crippen molar-refractivity contribution in [3.05, 3.63) is 0 Å². The lowest BCUT2D eigenvalue weighted by atomic mass is 9.90. The zero-order valence-corrected chi connectivity index (χ0v) is 10.3. The third-order valence-corrected chi connectivity index (χ3v) is 3.59. The molecule has 0 aromatic carbocycles. The molecule has 0 amide bonds. The van der Waals surface area contributed by atoms with Crippen molar-refractivity contribution in [3.63, 3.8) is 0 Å². The van der Waals surface area contributed by atoms with E-state index in [0.29, 0.717) is 11.7 Å². The molecule has 1 rings (SSSR count). The van der Waals surface area contributed by atoms with Crippen LogP contribution in [-0.2, 0) is 4.79 Å². The molecule has 0 radical (unpaired) electrons. The van der Waals surface area contributed by atoms with Crippen LogP contribution >= 0.6 is 0 Å². The Morgan fingerprint density at radius 3 is 2.60 bits per heavy atom. The number of Topliss-reactive ketones (excluding diaryl/α,β-unsaturated/α-hetero) is 1. The van der Waals surface area contributed by atoms with E-state index in [9.17, 15) is 4.79 Å². The molecule has 1 heteroatoms. The molecule has 15 heavy (non-hydrogen) atoms. The van der Waals surface area contributed by atoms with E-state index in [1.165, 1.54) is 51.4 Å². The summed E-state index contributed by atoms with van der Waals surface area (Å²) in [6.07, 6.45) is 13.4. The van der Waals surface area contributed by atoms with Gasteiger partial charge >= 0.3 is 0 Å². The third-order valence-electron chi connectivity index (χ3n) is 3.59. The lowest BCUT2D eigenvalue weighted by Gasteiger charge is -2.14. The van der Waals surface area contributed by atoms with Crippen molar-refractivity contribution >= 4 is 5.78 Å². The first-order valence-electron chi connectivity index (χ1n) is 6.87. The Bertz CT molecular complexity index is 174. The highest BCUT2D eigenvalue weighted by atomic mass is 16.1. The van der Waals surface area contributed by atoms with Gasteiger partial charge in [-0.2, -0.15) is 0 Å². The Morgan fingerprint density at radius 1 is 1.07 bits per heavy atom. The lowest BCUT2D eigenvalue weighted by Crippen LogP contribution is -2.14. The second-order valence-corrected chi connectivity index (χ2v) is 4.97. The van der Waals surface area contributed by atoms with E-state index in [0.717, 1.165) is 19.3 Å². The highest BCUT2D eigenvalue weighted by Crippen LogP contribution is 2.23. The fourth-order valence-electron chi connectivity index (χ4n) is 2.53. The minimum atomic E-state index is 0.412. The van der Waals surface area contributed by atoms with Gasteiger partial charge < -0.3 is 0 Å². The minimum absolute atomic E-state index is 0.412. The quantitative estimate of drug-likeness (QED) is 0.624. The SMILES string of the molecule is CCCCCC1CCCCCCCC1=O. The summed E-state index contributed by atoms with van der Waals surface area (Å²) in [7, 11) is 0. The number of rotatable bonds is 4. The zero-order chi connectivity index (χ0) is 10.9. The van der Waals surface area contributed by atoms with E-state index in [1.54, 1.807) is 0 Å². The van der Waals surface area contributed by atoms with Crippen LogP contribution in [0.4, 0.5) is 0 Å². The summed E-state index contributed by atoms with van der Waals surface area (Å²) < 4.78 is 0. The molecule has 0 spiro atoms. The van der Waals surface area contributed by atoms with E-state index < -0.39 is 0 Å². The van der Waals surface area contributed by atoms with Crippen molar-refractivity contribution in [1.82, 2.24) is 0 Å². The predicted molar refractivity (Wildman–Crippen MR) is 65.0 cm³/mol. The molecular weight excluding hydrogens is 184 g/mol. The van der Waals surface area contributed by atoms with Gasteiger partial charge in [0, 0.05) is 12.3 Å². The molecule has 0 aromatic heterocycles. The standard InChI is InChI=1S/C14H26O/c1-2-3-7-10-13-11-8-5-4-6-9-12-14(13)15/h13H,2-12H2,1H3. The maximum Gasteiger partial charge on any atom is 0.135 e. The van der Waals surface area contributed by atoms with Crippen molar-refractivity contribution in [1.29, 1.82) is 0 Å². The highest BCUT2D eigenvalue weighted by molar-refractivity contribution is 5.80. The lowest BCUT2D eigenvalue weighted by molar-refractivity contribution is -0.123. The van der Waals surface area contributed by atoms with Gasteiger partial charge in [-0.05, 0) is 19.3 Å². The molecule has 1 saturated carbocycles. The zero-order valence-electron chi connectivity index (χ0n) is 10.3. The Hall–Kier alpha value is -0.330. The van der Waals surface area contributed by atoms with Crippen LogP contribution in [0, 0.1) is 5.92 Å². The van der Waals surface area contributed by atoms with Gasteiger partial charge in [-0.15, -0.1) is 0 Å². The molecule has 1 fully saturated rings. The fraction of sp³-hybridized carbons (Fsp3) is 0.929. The Labute approximate surface area is 94.6 Å². The summed E-state index contributed by atoms with van der Waals surface area (Å²) in [5.41, 5.74) is 0. The molecule has 0 heterocycles. The van der Waals surface area contributed by atoms with Gasteiger partial charge in [0.1, 0.15) is 5.78 Å². The van der Waals surface area contributed by atoms with Crippen molar-refractivity contribution in [2.45, 2.75) is 77.6 Å². The van der Waals surface area contributed by atoms with Crippen LogP contribution < -0.4 is 0 Å². The third kappa shape index (κ3) is 5.34. The van der Waals surface area contributed by atoms with Gasteiger partial charge in [0.15, 0.2) is 0 Å². The van der Waals surface area contributed by atoms with Gasteiger partial charge in [0.25, 0.3) is 0 Å². The van der Waals surface area contributed by atoms with Crippen LogP contribution in [0.1, 0.15) is 77.6 Å². The number of hydrogen-bond donors (Lipinski definition) is 0. The van der Waals surface area contributed by atoms with Crippen LogP contribution in [0.3, 0.4) is 0 Å². The van der Waals surface area contributed by atoms with Crippen molar-refractivity contribution < 1.29 is 4.79 Å². The largest absolute Gasteiger partial charge is 0.299 e. The van der Waals surface area contributed by atoms with Crippen LogP contribution in [0.5, 0.6) is 0 Å².